The first-order valence-corrected chi connectivity index (χ1v) is 27.6. The third-order valence-corrected chi connectivity index (χ3v) is 12.1. The molecule has 81 heavy (non-hydrogen) atoms. The zero-order valence-electron chi connectivity index (χ0n) is 47.8. The van der Waals surface area contributed by atoms with Crippen LogP contribution in [0.5, 0.6) is 0 Å². The van der Waals surface area contributed by atoms with Crippen LogP contribution in [-0.4, -0.2) is 180 Å². The molecule has 4 aromatic rings. The number of hydrogen-bond acceptors (Lipinski definition) is 17. The molecule has 0 radical (unpaired) electrons. The molecule has 2 aromatic heterocycles. The van der Waals surface area contributed by atoms with Gasteiger partial charge in [-0.3, -0.25) is 28.8 Å². The first kappa shape index (κ1) is 68.8. The lowest BCUT2D eigenvalue weighted by Crippen LogP contribution is -2.45. The van der Waals surface area contributed by atoms with Crippen molar-refractivity contribution in [2.24, 2.45) is 5.73 Å². The third-order valence-electron chi connectivity index (χ3n) is 12.1. The van der Waals surface area contributed by atoms with Crippen LogP contribution in [0.4, 0.5) is 5.69 Å². The Hall–Kier alpha value is -6.51. The van der Waals surface area contributed by atoms with E-state index >= 15 is 0 Å². The van der Waals surface area contributed by atoms with Crippen LogP contribution in [0.2, 0.25) is 0 Å². The van der Waals surface area contributed by atoms with E-state index in [-0.39, 0.29) is 58.1 Å². The van der Waals surface area contributed by atoms with E-state index in [1.165, 1.54) is 5.56 Å². The minimum Gasteiger partial charge on any atom is -0.394 e. The number of carbonyl (C=O) groups is 5. The highest BCUT2D eigenvalue weighted by Crippen LogP contribution is 2.42. The van der Waals surface area contributed by atoms with Gasteiger partial charge in [-0.2, -0.15) is 0 Å². The SMILES string of the molecule is C=C(C)[C@@H](O)c1cc2n(c(=O)c1CC)Cc1c-2nc2ccc(NC(=O)CNC(=O)CNC(=O)CNC(=O)CNC(=O)CCOCCOCCOCCO)c3c2c1CCC3.CC.Cc1ccccc1.NCCOCCOCCOCCO. The topological polar surface area (TPSA) is 322 Å². The van der Waals surface area contributed by atoms with Crippen LogP contribution in [-0.2, 0) is 78.2 Å². The van der Waals surface area contributed by atoms with E-state index in [4.69, 9.17) is 49.4 Å². The summed E-state index contributed by atoms with van der Waals surface area (Å²) < 4.78 is 32.6. The highest BCUT2D eigenvalue weighted by atomic mass is 16.6. The summed E-state index contributed by atoms with van der Waals surface area (Å²) in [4.78, 5) is 80.2. The smallest absolute Gasteiger partial charge is 0.254 e. The van der Waals surface area contributed by atoms with E-state index in [9.17, 15) is 33.9 Å². The van der Waals surface area contributed by atoms with Crippen LogP contribution in [0.3, 0.4) is 0 Å². The average molecular weight is 1140 g/mol. The molecule has 6 rings (SSSR count). The van der Waals surface area contributed by atoms with Gasteiger partial charge < -0.3 is 80.6 Å². The summed E-state index contributed by atoms with van der Waals surface area (Å²) in [7, 11) is 0. The Labute approximate surface area is 474 Å². The number of pyridine rings is 2. The molecule has 0 saturated carbocycles. The van der Waals surface area contributed by atoms with Crippen molar-refractivity contribution in [3.8, 4) is 11.4 Å². The normalized spacial score (nSPS) is 12.0. The molecule has 23 heteroatoms. The van der Waals surface area contributed by atoms with Gasteiger partial charge in [0.05, 0.1) is 142 Å². The molecule has 0 spiro atoms. The lowest BCUT2D eigenvalue weighted by molar-refractivity contribution is -0.129. The van der Waals surface area contributed by atoms with Crippen molar-refractivity contribution < 1.29 is 67.7 Å². The van der Waals surface area contributed by atoms with E-state index < -0.39 is 48.7 Å². The summed E-state index contributed by atoms with van der Waals surface area (Å²) in [6.07, 6.45) is 1.81. The number of hydrogen-bond donors (Lipinski definition) is 9. The molecule has 0 unspecified atom stereocenters. The number of aromatic nitrogens is 2. The highest BCUT2D eigenvalue weighted by molar-refractivity contribution is 6.01. The molecule has 0 fully saturated rings. The van der Waals surface area contributed by atoms with Gasteiger partial charge in [0.25, 0.3) is 5.56 Å². The second kappa shape index (κ2) is 39.8. The lowest BCUT2D eigenvalue weighted by Gasteiger charge is -2.22. The summed E-state index contributed by atoms with van der Waals surface area (Å²) in [6, 6.07) is 15.7. The quantitative estimate of drug-likeness (QED) is 0.0214. The van der Waals surface area contributed by atoms with Gasteiger partial charge in [0, 0.05) is 35.2 Å². The van der Waals surface area contributed by atoms with Gasteiger partial charge >= 0.3 is 0 Å². The number of nitrogens with zero attached hydrogens (tertiary/aromatic N) is 2. The standard InChI is InChI=1S/C41H53N7O11.C8H19NO4.C7H8.C2H6/c1-4-25-28(40(55)24(2)3)18-32-39-29(23-48(32)41(25)56)26-6-5-7-27-30(8-9-31(47-39)38(26)27)46-37(54)22-45-36(53)21-44-35(52)20-43-34(51)19-42-33(50)10-12-57-14-16-59-17-15-58-13-11-49;9-1-3-11-5-7-13-8-6-12-4-2-10;1-7-5-3-2-4-6-7;1-2/h8-9,18,40,49,55H,2,4-7,10-17,19-23H2,1,3H3,(H,42,50)(H,43,51)(H,44,52)(H,45,53)(H,46,54);10H,1-9H2;2-6H,1H3;1-2H3/t40-;;;/m1.../s1. The van der Waals surface area contributed by atoms with E-state index in [1.807, 2.05) is 51.1 Å². The van der Waals surface area contributed by atoms with Gasteiger partial charge in [-0.25, -0.2) is 4.98 Å². The Balaban J connectivity index is 0.000000653. The summed E-state index contributed by atoms with van der Waals surface area (Å²) in [5.74, 6) is -2.75. The molecule has 1 aliphatic carbocycles. The molecule has 5 amide bonds. The van der Waals surface area contributed by atoms with Crippen molar-refractivity contribution in [2.45, 2.75) is 79.4 Å². The Kier molecular flexibility index (Phi) is 33.8. The second-order valence-electron chi connectivity index (χ2n) is 18.2. The van der Waals surface area contributed by atoms with Crippen LogP contribution in [0.15, 0.2) is 65.5 Å². The number of rotatable bonds is 33. The number of aryl methyl sites for hydroxylation is 3. The summed E-state index contributed by atoms with van der Waals surface area (Å²) in [6.45, 7) is 17.7. The number of carbonyl (C=O) groups excluding carboxylic acids is 5. The monoisotopic (exact) mass is 1130 g/mol. The van der Waals surface area contributed by atoms with Crippen LogP contribution >= 0.6 is 0 Å². The van der Waals surface area contributed by atoms with Crippen molar-refractivity contribution in [2.75, 3.05) is 131 Å². The van der Waals surface area contributed by atoms with Gasteiger partial charge in [0.15, 0.2) is 0 Å². The van der Waals surface area contributed by atoms with E-state index in [0.29, 0.717) is 119 Å². The second-order valence-corrected chi connectivity index (χ2v) is 18.2. The first-order chi connectivity index (χ1) is 39.2. The molecular weight excluding hydrogens is 1050 g/mol. The fourth-order valence-corrected chi connectivity index (χ4v) is 8.29. The van der Waals surface area contributed by atoms with Crippen LogP contribution < -0.4 is 37.9 Å². The zero-order chi connectivity index (χ0) is 59.4. The summed E-state index contributed by atoms with van der Waals surface area (Å²) >= 11 is 0. The molecule has 3 heterocycles. The van der Waals surface area contributed by atoms with Crippen molar-refractivity contribution in [1.82, 2.24) is 30.8 Å². The Bertz CT molecular complexity index is 2640. The lowest BCUT2D eigenvalue weighted by atomic mass is 9.86. The van der Waals surface area contributed by atoms with Gasteiger partial charge in [-0.1, -0.05) is 63.2 Å². The molecule has 1 aliphatic heterocycles. The largest absolute Gasteiger partial charge is 0.394 e. The minimum atomic E-state index is -0.965. The maximum atomic E-state index is 13.7. The Morgan fingerprint density at radius 3 is 1.67 bits per heavy atom. The van der Waals surface area contributed by atoms with Crippen molar-refractivity contribution in [3.63, 3.8) is 0 Å². The molecule has 23 nitrogen and oxygen atoms in total. The average Bonchev–Trinajstić information content (AvgIpc) is 2.95. The van der Waals surface area contributed by atoms with Crippen molar-refractivity contribution in [3.05, 3.63) is 104 Å². The number of nitrogens with one attached hydrogen (secondary N) is 5. The number of fused-ring (bicyclic) bond motifs is 4. The van der Waals surface area contributed by atoms with Crippen molar-refractivity contribution >= 4 is 46.1 Å². The third kappa shape index (κ3) is 24.2. The van der Waals surface area contributed by atoms with E-state index in [2.05, 4.69) is 52.2 Å². The van der Waals surface area contributed by atoms with Gasteiger partial charge in [0.1, 0.15) is 6.10 Å². The van der Waals surface area contributed by atoms with Gasteiger partial charge in [-0.15, -0.1) is 0 Å². The predicted molar refractivity (Wildman–Crippen MR) is 308 cm³/mol. The fraction of sp³-hybridized carbons (Fsp3) is 0.534. The number of amides is 5. The number of benzene rings is 2. The fourth-order valence-electron chi connectivity index (χ4n) is 8.29. The number of aliphatic hydroxyl groups is 3. The number of anilines is 1. The number of nitrogens with two attached hydrogens (primary N) is 1. The molecule has 0 bridgehead atoms. The summed E-state index contributed by atoms with van der Waals surface area (Å²) in [5, 5.41) is 41.3. The van der Waals surface area contributed by atoms with E-state index in [1.54, 1.807) is 17.6 Å². The first-order valence-electron chi connectivity index (χ1n) is 27.6. The highest BCUT2D eigenvalue weighted by Gasteiger charge is 2.31. The van der Waals surface area contributed by atoms with Gasteiger partial charge in [-0.05, 0) is 80.0 Å². The Morgan fingerprint density at radius 2 is 1.17 bits per heavy atom. The minimum absolute atomic E-state index is 0.0227. The molecule has 2 aromatic carbocycles. The van der Waals surface area contributed by atoms with Gasteiger partial charge in [0.2, 0.25) is 29.5 Å². The Morgan fingerprint density at radius 1 is 0.679 bits per heavy atom. The molecular formula is C58H86N8O15. The zero-order valence-corrected chi connectivity index (χ0v) is 47.8. The molecule has 448 valence electrons. The maximum absolute atomic E-state index is 13.7. The molecule has 1 atom stereocenters. The number of ether oxygens (including phenoxy) is 6. The van der Waals surface area contributed by atoms with Crippen molar-refractivity contribution in [1.29, 1.82) is 0 Å². The summed E-state index contributed by atoms with van der Waals surface area (Å²) in [5.41, 5.74) is 13.7. The molecule has 0 saturated heterocycles. The molecule has 2 aliphatic rings. The predicted octanol–water partition coefficient (Wildman–Crippen LogP) is 1.93. The van der Waals surface area contributed by atoms with Crippen LogP contribution in [0, 0.1) is 6.92 Å². The number of aliphatic hydroxyl groups excluding tert-OH is 3. The van der Waals surface area contributed by atoms with Crippen LogP contribution in [0.1, 0.15) is 80.0 Å². The maximum Gasteiger partial charge on any atom is 0.254 e. The van der Waals surface area contributed by atoms with Crippen LogP contribution in [0.25, 0.3) is 22.3 Å². The molecule has 10 N–H and O–H groups in total. The van der Waals surface area contributed by atoms with E-state index in [0.717, 1.165) is 40.4 Å².